The Labute approximate surface area is 109 Å². The Hall–Kier alpha value is -1.26. The lowest BCUT2D eigenvalue weighted by atomic mass is 9.97. The molecule has 3 N–H and O–H groups in total. The number of carboxylic acid groups (broad SMARTS) is 1. The molecule has 0 heterocycles. The van der Waals surface area contributed by atoms with Crippen molar-refractivity contribution in [2.24, 2.45) is 5.92 Å². The van der Waals surface area contributed by atoms with Gasteiger partial charge in [0.2, 0.25) is 0 Å². The smallest absolute Gasteiger partial charge is 0.314 e. The van der Waals surface area contributed by atoms with Gasteiger partial charge in [-0.05, 0) is 18.8 Å². The van der Waals surface area contributed by atoms with E-state index in [1.807, 2.05) is 0 Å². The monoisotopic (exact) mass is 258 g/mol. The SMILES string of the molecule is CCCCC(CCC)CNC(=O)NCCC(=O)O. The average Bonchev–Trinajstić information content (AvgIpc) is 2.32. The summed E-state index contributed by atoms with van der Waals surface area (Å²) in [6.07, 6.45) is 5.70. The van der Waals surface area contributed by atoms with Gasteiger partial charge in [0.1, 0.15) is 0 Å². The molecule has 5 heteroatoms. The van der Waals surface area contributed by atoms with Gasteiger partial charge in [-0.2, -0.15) is 0 Å². The molecule has 0 aromatic carbocycles. The number of nitrogens with one attached hydrogen (secondary N) is 2. The van der Waals surface area contributed by atoms with Crippen LogP contribution >= 0.6 is 0 Å². The van der Waals surface area contributed by atoms with E-state index in [1.165, 1.54) is 12.8 Å². The van der Waals surface area contributed by atoms with Crippen molar-refractivity contribution in [1.29, 1.82) is 0 Å². The minimum Gasteiger partial charge on any atom is -0.481 e. The first kappa shape index (κ1) is 16.7. The molecule has 1 unspecified atom stereocenters. The zero-order chi connectivity index (χ0) is 13.8. The Kier molecular flexibility index (Phi) is 10.1. The number of hydrogen-bond donors (Lipinski definition) is 3. The van der Waals surface area contributed by atoms with Gasteiger partial charge in [-0.1, -0.05) is 33.1 Å². The second-order valence-electron chi connectivity index (χ2n) is 4.58. The molecule has 2 amide bonds. The molecule has 1 atom stereocenters. The van der Waals surface area contributed by atoms with Crippen molar-refractivity contribution in [2.75, 3.05) is 13.1 Å². The first-order valence-corrected chi connectivity index (χ1v) is 6.83. The number of carbonyl (C=O) groups is 2. The molecule has 0 aliphatic heterocycles. The normalized spacial score (nSPS) is 11.9. The molecule has 0 aromatic rings. The molecule has 0 spiro atoms. The molecule has 0 saturated carbocycles. The summed E-state index contributed by atoms with van der Waals surface area (Å²) in [6.45, 7) is 5.15. The lowest BCUT2D eigenvalue weighted by molar-refractivity contribution is -0.136. The summed E-state index contributed by atoms with van der Waals surface area (Å²) in [5, 5.41) is 13.8. The van der Waals surface area contributed by atoms with Gasteiger partial charge in [-0.15, -0.1) is 0 Å². The average molecular weight is 258 g/mol. The number of aliphatic carboxylic acids is 1. The molecule has 106 valence electrons. The Morgan fingerprint density at radius 1 is 1.11 bits per heavy atom. The number of rotatable bonds is 10. The third kappa shape index (κ3) is 9.93. The summed E-state index contributed by atoms with van der Waals surface area (Å²) in [5.41, 5.74) is 0. The van der Waals surface area contributed by atoms with Crippen LogP contribution in [0.15, 0.2) is 0 Å². The second kappa shape index (κ2) is 10.9. The van der Waals surface area contributed by atoms with Crippen LogP contribution in [0.25, 0.3) is 0 Å². The maximum atomic E-state index is 11.4. The van der Waals surface area contributed by atoms with Crippen molar-refractivity contribution >= 4 is 12.0 Å². The number of hydrogen-bond acceptors (Lipinski definition) is 2. The highest BCUT2D eigenvalue weighted by Gasteiger charge is 2.09. The van der Waals surface area contributed by atoms with Crippen molar-refractivity contribution in [3.8, 4) is 0 Å². The van der Waals surface area contributed by atoms with Crippen LogP contribution in [0.5, 0.6) is 0 Å². The van der Waals surface area contributed by atoms with Crippen LogP contribution in [0.1, 0.15) is 52.4 Å². The number of amides is 2. The van der Waals surface area contributed by atoms with Gasteiger partial charge < -0.3 is 15.7 Å². The topological polar surface area (TPSA) is 78.4 Å². The van der Waals surface area contributed by atoms with Crippen LogP contribution in [0, 0.1) is 5.92 Å². The van der Waals surface area contributed by atoms with Crippen molar-refractivity contribution in [3.63, 3.8) is 0 Å². The molecule has 0 radical (unpaired) electrons. The summed E-state index contributed by atoms with van der Waals surface area (Å²) < 4.78 is 0. The van der Waals surface area contributed by atoms with Crippen molar-refractivity contribution in [2.45, 2.75) is 52.4 Å². The molecule has 0 bridgehead atoms. The van der Waals surface area contributed by atoms with Crippen LogP contribution < -0.4 is 10.6 Å². The fourth-order valence-electron chi connectivity index (χ4n) is 1.83. The maximum absolute atomic E-state index is 11.4. The van der Waals surface area contributed by atoms with Crippen molar-refractivity contribution in [3.05, 3.63) is 0 Å². The van der Waals surface area contributed by atoms with Gasteiger partial charge in [0.25, 0.3) is 0 Å². The molecule has 5 nitrogen and oxygen atoms in total. The number of carboxylic acids is 1. The van der Waals surface area contributed by atoms with Crippen LogP contribution in [0.4, 0.5) is 4.79 Å². The summed E-state index contributed by atoms with van der Waals surface area (Å²) in [7, 11) is 0. The van der Waals surface area contributed by atoms with Gasteiger partial charge in [0.15, 0.2) is 0 Å². The van der Waals surface area contributed by atoms with E-state index in [1.54, 1.807) is 0 Å². The summed E-state index contributed by atoms with van der Waals surface area (Å²) >= 11 is 0. The molecular formula is C13H26N2O3. The standard InChI is InChI=1S/C13H26N2O3/c1-3-5-7-11(6-4-2)10-15-13(18)14-9-8-12(16)17/h11H,3-10H2,1-2H3,(H,16,17)(H2,14,15,18). The zero-order valence-electron chi connectivity index (χ0n) is 11.5. The largest absolute Gasteiger partial charge is 0.481 e. The van der Waals surface area contributed by atoms with Crippen LogP contribution in [0.2, 0.25) is 0 Å². The number of urea groups is 1. The molecule has 0 aliphatic rings. The molecule has 0 rings (SSSR count). The maximum Gasteiger partial charge on any atom is 0.314 e. The van der Waals surface area contributed by atoms with E-state index < -0.39 is 5.97 Å². The van der Waals surface area contributed by atoms with E-state index in [0.29, 0.717) is 12.5 Å². The van der Waals surface area contributed by atoms with E-state index in [2.05, 4.69) is 24.5 Å². The molecule has 18 heavy (non-hydrogen) atoms. The molecule has 0 aliphatic carbocycles. The lowest BCUT2D eigenvalue weighted by Crippen LogP contribution is -2.39. The first-order valence-electron chi connectivity index (χ1n) is 6.83. The fourth-order valence-corrected chi connectivity index (χ4v) is 1.83. The quantitative estimate of drug-likeness (QED) is 0.563. The predicted octanol–water partition coefficient (Wildman–Crippen LogP) is 2.37. The summed E-state index contributed by atoms with van der Waals surface area (Å²) in [6, 6.07) is -0.270. The van der Waals surface area contributed by atoms with Gasteiger partial charge in [-0.3, -0.25) is 4.79 Å². The molecule has 0 saturated heterocycles. The van der Waals surface area contributed by atoms with E-state index in [0.717, 1.165) is 19.3 Å². The van der Waals surface area contributed by atoms with Crippen LogP contribution in [0.3, 0.4) is 0 Å². The van der Waals surface area contributed by atoms with Gasteiger partial charge in [0.05, 0.1) is 6.42 Å². The number of unbranched alkanes of at least 4 members (excludes halogenated alkanes) is 1. The minimum absolute atomic E-state index is 0.0400. The summed E-state index contributed by atoms with van der Waals surface area (Å²) in [4.78, 5) is 21.7. The Bertz CT molecular complexity index is 244. The Morgan fingerprint density at radius 3 is 2.39 bits per heavy atom. The molecule has 0 aromatic heterocycles. The molecule has 0 fully saturated rings. The van der Waals surface area contributed by atoms with Crippen LogP contribution in [-0.4, -0.2) is 30.2 Å². The molecular weight excluding hydrogens is 232 g/mol. The Balaban J connectivity index is 3.73. The van der Waals surface area contributed by atoms with E-state index in [-0.39, 0.29) is 19.0 Å². The zero-order valence-corrected chi connectivity index (χ0v) is 11.5. The second-order valence-corrected chi connectivity index (χ2v) is 4.58. The third-order valence-corrected chi connectivity index (χ3v) is 2.84. The first-order chi connectivity index (χ1) is 8.60. The Morgan fingerprint density at radius 2 is 1.83 bits per heavy atom. The van der Waals surface area contributed by atoms with Gasteiger partial charge in [0, 0.05) is 13.1 Å². The highest BCUT2D eigenvalue weighted by atomic mass is 16.4. The highest BCUT2D eigenvalue weighted by Crippen LogP contribution is 2.13. The minimum atomic E-state index is -0.901. The van der Waals surface area contributed by atoms with Crippen LogP contribution in [-0.2, 0) is 4.79 Å². The number of carbonyl (C=O) groups excluding carboxylic acids is 1. The van der Waals surface area contributed by atoms with E-state index in [4.69, 9.17) is 5.11 Å². The van der Waals surface area contributed by atoms with E-state index in [9.17, 15) is 9.59 Å². The highest BCUT2D eigenvalue weighted by molar-refractivity contribution is 5.74. The van der Waals surface area contributed by atoms with Gasteiger partial charge in [-0.25, -0.2) is 4.79 Å². The fraction of sp³-hybridized carbons (Fsp3) is 0.846. The predicted molar refractivity (Wildman–Crippen MR) is 71.6 cm³/mol. The van der Waals surface area contributed by atoms with Crippen molar-refractivity contribution in [1.82, 2.24) is 10.6 Å². The van der Waals surface area contributed by atoms with Crippen molar-refractivity contribution < 1.29 is 14.7 Å². The van der Waals surface area contributed by atoms with Gasteiger partial charge >= 0.3 is 12.0 Å². The third-order valence-electron chi connectivity index (χ3n) is 2.84. The summed E-state index contributed by atoms with van der Waals surface area (Å²) in [5.74, 6) is -0.373. The lowest BCUT2D eigenvalue weighted by Gasteiger charge is -2.16. The van der Waals surface area contributed by atoms with E-state index >= 15 is 0 Å².